The third kappa shape index (κ3) is 1.83. The number of aromatic nitrogens is 2. The molecule has 2 heterocycles. The largest absolute Gasteiger partial charge is 0.384 e. The van der Waals surface area contributed by atoms with Crippen LogP contribution in [0.25, 0.3) is 22.4 Å². The molecule has 0 bridgehead atoms. The van der Waals surface area contributed by atoms with Gasteiger partial charge in [0.15, 0.2) is 0 Å². The Morgan fingerprint density at radius 1 is 1.11 bits per heavy atom. The second-order valence-electron chi connectivity index (χ2n) is 4.80. The van der Waals surface area contributed by atoms with Gasteiger partial charge < -0.3 is 10.3 Å². The zero-order valence-corrected chi connectivity index (χ0v) is 11.8. The summed E-state index contributed by atoms with van der Waals surface area (Å²) in [5.41, 5.74) is 5.80. The summed E-state index contributed by atoms with van der Waals surface area (Å²) in [7, 11) is 0. The summed E-state index contributed by atoms with van der Waals surface area (Å²) in [6.07, 6.45) is 1.11. The Morgan fingerprint density at radius 3 is 3.00 bits per heavy atom. The molecule has 19 heavy (non-hydrogen) atoms. The van der Waals surface area contributed by atoms with Crippen molar-refractivity contribution in [2.45, 2.75) is 6.42 Å². The zero-order valence-electron chi connectivity index (χ0n) is 10.2. The van der Waals surface area contributed by atoms with Gasteiger partial charge in [-0.15, -0.1) is 0 Å². The summed E-state index contributed by atoms with van der Waals surface area (Å²) in [4.78, 5) is 8.02. The van der Waals surface area contributed by atoms with Gasteiger partial charge in [0.2, 0.25) is 0 Å². The molecule has 0 amide bonds. The third-order valence-electron chi connectivity index (χ3n) is 3.54. The summed E-state index contributed by atoms with van der Waals surface area (Å²) >= 11 is 3.48. The number of halogens is 1. The monoisotopic (exact) mass is 313 g/mol. The second kappa shape index (κ2) is 4.10. The van der Waals surface area contributed by atoms with Gasteiger partial charge >= 0.3 is 0 Å². The topological polar surface area (TPSA) is 40.7 Å². The fourth-order valence-corrected chi connectivity index (χ4v) is 2.92. The van der Waals surface area contributed by atoms with Crippen LogP contribution in [0.2, 0.25) is 0 Å². The average molecular weight is 314 g/mol. The lowest BCUT2D eigenvalue weighted by atomic mass is 10.1. The minimum atomic E-state index is 0.921. The van der Waals surface area contributed by atoms with E-state index in [0.717, 1.165) is 39.9 Å². The highest BCUT2D eigenvalue weighted by Crippen LogP contribution is 2.29. The van der Waals surface area contributed by atoms with Crippen LogP contribution in [-0.4, -0.2) is 16.5 Å². The van der Waals surface area contributed by atoms with Crippen molar-refractivity contribution in [1.82, 2.24) is 9.97 Å². The van der Waals surface area contributed by atoms with E-state index >= 15 is 0 Å². The van der Waals surface area contributed by atoms with Crippen molar-refractivity contribution < 1.29 is 0 Å². The molecule has 0 radical (unpaired) electrons. The lowest BCUT2D eigenvalue weighted by Crippen LogP contribution is -1.91. The molecular weight excluding hydrogens is 302 g/mol. The normalized spacial score (nSPS) is 13.5. The Hall–Kier alpha value is -1.81. The standard InChI is InChI=1S/C15H12BrN3/c16-11-3-4-12-14(8-11)19-15(18-12)10-2-1-9-5-6-17-13(9)7-10/h1-4,7-8,17H,5-6H2,(H,18,19). The molecule has 1 aromatic heterocycles. The predicted octanol–water partition coefficient (Wildman–Crippen LogP) is 3.96. The smallest absolute Gasteiger partial charge is 0.138 e. The van der Waals surface area contributed by atoms with Gasteiger partial charge in [-0.25, -0.2) is 4.98 Å². The molecule has 2 aromatic carbocycles. The highest BCUT2D eigenvalue weighted by Gasteiger charge is 2.12. The molecule has 94 valence electrons. The van der Waals surface area contributed by atoms with E-state index in [9.17, 15) is 0 Å². The highest BCUT2D eigenvalue weighted by molar-refractivity contribution is 9.10. The minimum absolute atomic E-state index is 0.921. The molecule has 2 N–H and O–H groups in total. The third-order valence-corrected chi connectivity index (χ3v) is 4.03. The van der Waals surface area contributed by atoms with Gasteiger partial charge in [-0.05, 0) is 36.2 Å². The van der Waals surface area contributed by atoms with Gasteiger partial charge in [0, 0.05) is 22.3 Å². The summed E-state index contributed by atoms with van der Waals surface area (Å²) in [5.74, 6) is 0.921. The number of nitrogens with zero attached hydrogens (tertiary/aromatic N) is 1. The number of rotatable bonds is 1. The van der Waals surface area contributed by atoms with E-state index in [2.05, 4.69) is 55.5 Å². The first-order valence-corrected chi connectivity index (χ1v) is 7.11. The van der Waals surface area contributed by atoms with Crippen LogP contribution in [0.5, 0.6) is 0 Å². The van der Waals surface area contributed by atoms with Crippen molar-refractivity contribution in [2.24, 2.45) is 0 Å². The van der Waals surface area contributed by atoms with Crippen molar-refractivity contribution in [3.8, 4) is 11.4 Å². The molecule has 0 aliphatic carbocycles. The fourth-order valence-electron chi connectivity index (χ4n) is 2.56. The Morgan fingerprint density at radius 2 is 2.05 bits per heavy atom. The molecule has 0 fully saturated rings. The van der Waals surface area contributed by atoms with Crippen molar-refractivity contribution in [3.05, 3.63) is 46.4 Å². The summed E-state index contributed by atoms with van der Waals surface area (Å²) < 4.78 is 1.06. The van der Waals surface area contributed by atoms with E-state index in [1.807, 2.05) is 12.1 Å². The average Bonchev–Trinajstić information content (AvgIpc) is 3.02. The molecular formula is C15H12BrN3. The highest BCUT2D eigenvalue weighted by atomic mass is 79.9. The molecule has 3 aromatic rings. The molecule has 4 heteroatoms. The first kappa shape index (κ1) is 11.1. The molecule has 4 rings (SSSR count). The Bertz CT molecular complexity index is 776. The molecule has 3 nitrogen and oxygen atoms in total. The Labute approximate surface area is 119 Å². The first-order valence-electron chi connectivity index (χ1n) is 6.32. The van der Waals surface area contributed by atoms with Gasteiger partial charge in [-0.1, -0.05) is 28.1 Å². The quantitative estimate of drug-likeness (QED) is 0.714. The maximum Gasteiger partial charge on any atom is 0.138 e. The van der Waals surface area contributed by atoms with E-state index in [1.54, 1.807) is 0 Å². The summed E-state index contributed by atoms with van der Waals surface area (Å²) in [6.45, 7) is 1.03. The summed E-state index contributed by atoms with van der Waals surface area (Å²) in [5, 5.41) is 3.40. The van der Waals surface area contributed by atoms with Crippen molar-refractivity contribution in [3.63, 3.8) is 0 Å². The Balaban J connectivity index is 1.85. The van der Waals surface area contributed by atoms with Crippen LogP contribution in [0, 0.1) is 0 Å². The predicted molar refractivity (Wildman–Crippen MR) is 81.4 cm³/mol. The van der Waals surface area contributed by atoms with Crippen molar-refractivity contribution in [2.75, 3.05) is 11.9 Å². The number of fused-ring (bicyclic) bond motifs is 2. The molecule has 0 unspecified atom stereocenters. The van der Waals surface area contributed by atoms with Crippen molar-refractivity contribution in [1.29, 1.82) is 0 Å². The number of imidazole rings is 1. The second-order valence-corrected chi connectivity index (χ2v) is 5.71. The van der Waals surface area contributed by atoms with Crippen LogP contribution in [-0.2, 0) is 6.42 Å². The number of benzene rings is 2. The molecule has 0 atom stereocenters. The fraction of sp³-hybridized carbons (Fsp3) is 0.133. The lowest BCUT2D eigenvalue weighted by Gasteiger charge is -2.02. The van der Waals surface area contributed by atoms with Crippen LogP contribution in [0.3, 0.4) is 0 Å². The maximum atomic E-state index is 4.65. The molecule has 0 saturated carbocycles. The van der Waals surface area contributed by atoms with Gasteiger partial charge in [-0.2, -0.15) is 0 Å². The maximum absolute atomic E-state index is 4.65. The number of anilines is 1. The van der Waals surface area contributed by atoms with Gasteiger partial charge in [0.1, 0.15) is 5.82 Å². The van der Waals surface area contributed by atoms with Gasteiger partial charge in [0.05, 0.1) is 11.0 Å². The molecule has 0 spiro atoms. The van der Waals surface area contributed by atoms with E-state index in [0.29, 0.717) is 0 Å². The lowest BCUT2D eigenvalue weighted by molar-refractivity contribution is 1.11. The molecule has 1 aliphatic heterocycles. The summed E-state index contributed by atoms with van der Waals surface area (Å²) in [6, 6.07) is 12.6. The van der Waals surface area contributed by atoms with Gasteiger partial charge in [-0.3, -0.25) is 0 Å². The van der Waals surface area contributed by atoms with Crippen LogP contribution in [0.15, 0.2) is 40.9 Å². The van der Waals surface area contributed by atoms with Crippen molar-refractivity contribution >= 4 is 32.7 Å². The van der Waals surface area contributed by atoms with Gasteiger partial charge in [0.25, 0.3) is 0 Å². The molecule has 0 saturated heterocycles. The number of hydrogen-bond acceptors (Lipinski definition) is 2. The number of aromatic amines is 1. The Kier molecular flexibility index (Phi) is 2.38. The SMILES string of the molecule is Brc1ccc2nc(-c3ccc4c(c3)NCC4)[nH]c2c1. The van der Waals surface area contributed by atoms with Crippen LogP contribution < -0.4 is 5.32 Å². The minimum Gasteiger partial charge on any atom is -0.384 e. The molecule has 1 aliphatic rings. The van der Waals surface area contributed by atoms with Crippen LogP contribution in [0.1, 0.15) is 5.56 Å². The van der Waals surface area contributed by atoms with Crippen LogP contribution >= 0.6 is 15.9 Å². The number of H-pyrrole nitrogens is 1. The van der Waals surface area contributed by atoms with E-state index in [1.165, 1.54) is 11.3 Å². The number of hydrogen-bond donors (Lipinski definition) is 2. The van der Waals surface area contributed by atoms with E-state index in [-0.39, 0.29) is 0 Å². The van der Waals surface area contributed by atoms with E-state index < -0.39 is 0 Å². The zero-order chi connectivity index (χ0) is 12.8. The van der Waals surface area contributed by atoms with E-state index in [4.69, 9.17) is 0 Å². The van der Waals surface area contributed by atoms with Crippen LogP contribution in [0.4, 0.5) is 5.69 Å². The number of nitrogens with one attached hydrogen (secondary N) is 2. The first-order chi connectivity index (χ1) is 9.29.